The number of pyridine rings is 1. The molecule has 2 rings (SSSR count). The average molecular weight is 247 g/mol. The van der Waals surface area contributed by atoms with E-state index in [1.807, 2.05) is 6.20 Å². The van der Waals surface area contributed by atoms with Crippen molar-refractivity contribution in [2.75, 3.05) is 0 Å². The number of hydrogen-bond acceptors (Lipinski definition) is 2. The average Bonchev–Trinajstić information content (AvgIpc) is 2.68. The van der Waals surface area contributed by atoms with Crippen molar-refractivity contribution in [2.45, 2.75) is 64.4 Å². The maximum Gasteiger partial charge on any atom is 0.0623 e. The smallest absolute Gasteiger partial charge is 0.0623 e. The summed E-state index contributed by atoms with van der Waals surface area (Å²) in [6.45, 7) is 2.14. The Bertz CT molecular complexity index is 339. The molecule has 1 fully saturated rings. The summed E-state index contributed by atoms with van der Waals surface area (Å²) in [4.78, 5) is 4.45. The monoisotopic (exact) mass is 247 g/mol. The highest BCUT2D eigenvalue weighted by Gasteiger charge is 2.21. The number of nitrogens with zero attached hydrogens (tertiary/aromatic N) is 1. The van der Waals surface area contributed by atoms with Gasteiger partial charge in [0.05, 0.1) is 6.10 Å². The van der Waals surface area contributed by atoms with Gasteiger partial charge in [-0.25, -0.2) is 0 Å². The fraction of sp³-hybridized carbons (Fsp3) is 0.688. The van der Waals surface area contributed by atoms with Gasteiger partial charge in [-0.15, -0.1) is 0 Å². The van der Waals surface area contributed by atoms with Gasteiger partial charge in [-0.2, -0.15) is 0 Å². The standard InChI is InChI=1S/C16H25NO/c1-2-13-9-10-15(17-12-13)11-16(18)14-7-5-3-4-6-8-14/h9-10,12,14,16,18H,2-8,11H2,1H3. The van der Waals surface area contributed by atoms with Crippen LogP contribution in [0.2, 0.25) is 0 Å². The van der Waals surface area contributed by atoms with E-state index in [4.69, 9.17) is 0 Å². The summed E-state index contributed by atoms with van der Waals surface area (Å²) in [7, 11) is 0. The first-order chi connectivity index (χ1) is 8.79. The molecule has 1 aromatic heterocycles. The first-order valence-corrected chi connectivity index (χ1v) is 7.41. The molecule has 1 aliphatic carbocycles. The molecule has 1 saturated carbocycles. The second kappa shape index (κ2) is 6.89. The molecule has 1 aliphatic rings. The number of aliphatic hydroxyl groups is 1. The van der Waals surface area contributed by atoms with Gasteiger partial charge < -0.3 is 5.11 Å². The minimum Gasteiger partial charge on any atom is -0.392 e. The van der Waals surface area contributed by atoms with Gasteiger partial charge in [-0.1, -0.05) is 38.7 Å². The summed E-state index contributed by atoms with van der Waals surface area (Å²) in [5.74, 6) is 0.486. The third-order valence-electron chi connectivity index (χ3n) is 4.16. The Hall–Kier alpha value is -0.890. The van der Waals surface area contributed by atoms with Crippen molar-refractivity contribution < 1.29 is 5.11 Å². The lowest BCUT2D eigenvalue weighted by Gasteiger charge is -2.20. The van der Waals surface area contributed by atoms with E-state index in [1.165, 1.54) is 44.1 Å². The van der Waals surface area contributed by atoms with Crippen LogP contribution in [0, 0.1) is 5.92 Å². The van der Waals surface area contributed by atoms with E-state index in [-0.39, 0.29) is 6.10 Å². The van der Waals surface area contributed by atoms with Gasteiger partial charge >= 0.3 is 0 Å². The molecule has 0 aromatic carbocycles. The SMILES string of the molecule is CCc1ccc(CC(O)C2CCCCCC2)nc1. The van der Waals surface area contributed by atoms with Gasteiger partial charge in [0.2, 0.25) is 0 Å². The molecule has 0 spiro atoms. The molecular weight excluding hydrogens is 222 g/mol. The van der Waals surface area contributed by atoms with E-state index < -0.39 is 0 Å². The molecule has 1 atom stereocenters. The lowest BCUT2D eigenvalue weighted by atomic mass is 9.91. The van der Waals surface area contributed by atoms with E-state index in [0.717, 1.165) is 12.1 Å². The largest absolute Gasteiger partial charge is 0.392 e. The minimum absolute atomic E-state index is 0.205. The molecule has 1 aromatic rings. The van der Waals surface area contributed by atoms with Gasteiger partial charge in [0.25, 0.3) is 0 Å². The maximum absolute atomic E-state index is 10.3. The van der Waals surface area contributed by atoms with Gasteiger partial charge in [-0.05, 0) is 36.8 Å². The summed E-state index contributed by atoms with van der Waals surface area (Å²) in [5, 5.41) is 10.3. The Morgan fingerprint density at radius 3 is 2.50 bits per heavy atom. The van der Waals surface area contributed by atoms with E-state index in [1.54, 1.807) is 0 Å². The van der Waals surface area contributed by atoms with Crippen LogP contribution in [-0.4, -0.2) is 16.2 Å². The molecule has 0 bridgehead atoms. The molecule has 0 amide bonds. The molecule has 1 N–H and O–H groups in total. The van der Waals surface area contributed by atoms with Crippen LogP contribution in [0.15, 0.2) is 18.3 Å². The van der Waals surface area contributed by atoms with Crippen LogP contribution < -0.4 is 0 Å². The molecule has 0 saturated heterocycles. The van der Waals surface area contributed by atoms with Crippen molar-refractivity contribution >= 4 is 0 Å². The van der Waals surface area contributed by atoms with Crippen molar-refractivity contribution in [3.8, 4) is 0 Å². The predicted molar refractivity (Wildman–Crippen MR) is 74.5 cm³/mol. The summed E-state index contributed by atoms with van der Waals surface area (Å²) in [6, 6.07) is 4.20. The van der Waals surface area contributed by atoms with E-state index in [0.29, 0.717) is 12.3 Å². The predicted octanol–water partition coefficient (Wildman–Crippen LogP) is 3.52. The third kappa shape index (κ3) is 3.81. The minimum atomic E-state index is -0.205. The van der Waals surface area contributed by atoms with Crippen LogP contribution in [-0.2, 0) is 12.8 Å². The summed E-state index contributed by atoms with van der Waals surface area (Å²) < 4.78 is 0. The zero-order valence-electron chi connectivity index (χ0n) is 11.4. The van der Waals surface area contributed by atoms with Crippen LogP contribution in [0.4, 0.5) is 0 Å². The fourth-order valence-corrected chi connectivity index (χ4v) is 2.86. The zero-order valence-corrected chi connectivity index (χ0v) is 11.4. The van der Waals surface area contributed by atoms with E-state index in [9.17, 15) is 5.11 Å². The van der Waals surface area contributed by atoms with Crippen molar-refractivity contribution in [3.63, 3.8) is 0 Å². The maximum atomic E-state index is 10.3. The first kappa shape index (κ1) is 13.5. The molecule has 2 heteroatoms. The molecule has 2 nitrogen and oxygen atoms in total. The Morgan fingerprint density at radius 2 is 1.94 bits per heavy atom. The number of aryl methyl sites for hydroxylation is 1. The van der Waals surface area contributed by atoms with Crippen LogP contribution in [0.3, 0.4) is 0 Å². The van der Waals surface area contributed by atoms with Gasteiger partial charge in [0.1, 0.15) is 0 Å². The number of rotatable bonds is 4. The van der Waals surface area contributed by atoms with E-state index in [2.05, 4.69) is 24.0 Å². The highest BCUT2D eigenvalue weighted by molar-refractivity contribution is 5.14. The molecule has 1 unspecified atom stereocenters. The van der Waals surface area contributed by atoms with Crippen molar-refractivity contribution in [2.24, 2.45) is 5.92 Å². The lowest BCUT2D eigenvalue weighted by Crippen LogP contribution is -2.23. The molecule has 18 heavy (non-hydrogen) atoms. The Labute approximate surface area is 110 Å². The molecular formula is C16H25NO. The Balaban J connectivity index is 1.90. The Kier molecular flexibility index (Phi) is 5.18. The lowest BCUT2D eigenvalue weighted by molar-refractivity contribution is 0.0977. The summed E-state index contributed by atoms with van der Waals surface area (Å²) >= 11 is 0. The van der Waals surface area contributed by atoms with Crippen LogP contribution in [0.25, 0.3) is 0 Å². The first-order valence-electron chi connectivity index (χ1n) is 7.41. The molecule has 100 valence electrons. The third-order valence-corrected chi connectivity index (χ3v) is 4.16. The quantitative estimate of drug-likeness (QED) is 0.826. The molecule has 0 radical (unpaired) electrons. The second-order valence-electron chi connectivity index (χ2n) is 5.53. The van der Waals surface area contributed by atoms with Gasteiger partial charge in [0, 0.05) is 18.3 Å². The zero-order chi connectivity index (χ0) is 12.8. The topological polar surface area (TPSA) is 33.1 Å². The van der Waals surface area contributed by atoms with Crippen LogP contribution in [0.1, 0.15) is 56.7 Å². The van der Waals surface area contributed by atoms with Crippen molar-refractivity contribution in [3.05, 3.63) is 29.6 Å². The van der Waals surface area contributed by atoms with E-state index >= 15 is 0 Å². The highest BCUT2D eigenvalue weighted by atomic mass is 16.3. The second-order valence-corrected chi connectivity index (χ2v) is 5.53. The van der Waals surface area contributed by atoms with Crippen LogP contribution in [0.5, 0.6) is 0 Å². The number of aliphatic hydroxyl groups excluding tert-OH is 1. The van der Waals surface area contributed by atoms with Crippen molar-refractivity contribution in [1.29, 1.82) is 0 Å². The Morgan fingerprint density at radius 1 is 1.22 bits per heavy atom. The summed E-state index contributed by atoms with van der Waals surface area (Å²) in [5.41, 5.74) is 2.30. The number of hydrogen-bond donors (Lipinski definition) is 1. The van der Waals surface area contributed by atoms with Gasteiger partial charge in [0.15, 0.2) is 0 Å². The highest BCUT2D eigenvalue weighted by Crippen LogP contribution is 2.26. The summed E-state index contributed by atoms with van der Waals surface area (Å²) in [6.07, 6.45) is 11.1. The van der Waals surface area contributed by atoms with Gasteiger partial charge in [-0.3, -0.25) is 4.98 Å². The molecule has 1 heterocycles. The van der Waals surface area contributed by atoms with Crippen molar-refractivity contribution in [1.82, 2.24) is 4.98 Å². The molecule has 0 aliphatic heterocycles. The number of aromatic nitrogens is 1. The van der Waals surface area contributed by atoms with Crippen LogP contribution >= 0.6 is 0 Å². The normalized spacial score (nSPS) is 19.4. The fourth-order valence-electron chi connectivity index (χ4n) is 2.86.